The SMILES string of the molecule is CCc1nccn1[C@@H](C)N. The highest BCUT2D eigenvalue weighted by atomic mass is 15.1. The lowest BCUT2D eigenvalue weighted by atomic mass is 10.4. The molecule has 0 bridgehead atoms. The summed E-state index contributed by atoms with van der Waals surface area (Å²) in [6.07, 6.45) is 4.66. The van der Waals surface area contributed by atoms with Crippen LogP contribution in [0.5, 0.6) is 0 Å². The van der Waals surface area contributed by atoms with E-state index in [1.165, 1.54) is 0 Å². The van der Waals surface area contributed by atoms with Crippen LogP contribution in [0.1, 0.15) is 25.8 Å². The number of nitrogens with two attached hydrogens (primary N) is 1. The van der Waals surface area contributed by atoms with Crippen LogP contribution in [0.15, 0.2) is 12.4 Å². The minimum absolute atomic E-state index is 0.0393. The van der Waals surface area contributed by atoms with E-state index >= 15 is 0 Å². The number of aromatic nitrogens is 2. The Morgan fingerprint density at radius 3 is 2.90 bits per heavy atom. The second-order valence-electron chi connectivity index (χ2n) is 2.34. The van der Waals surface area contributed by atoms with Gasteiger partial charge in [0.2, 0.25) is 0 Å². The van der Waals surface area contributed by atoms with Crippen LogP contribution in [0.2, 0.25) is 0 Å². The quantitative estimate of drug-likeness (QED) is 0.662. The Hall–Kier alpha value is -0.830. The Balaban J connectivity index is 2.90. The number of nitrogens with zero attached hydrogens (tertiary/aromatic N) is 2. The Morgan fingerprint density at radius 2 is 2.50 bits per heavy atom. The molecule has 56 valence electrons. The maximum absolute atomic E-state index is 5.66. The molecule has 0 spiro atoms. The van der Waals surface area contributed by atoms with Crippen molar-refractivity contribution in [2.75, 3.05) is 0 Å². The van der Waals surface area contributed by atoms with E-state index in [2.05, 4.69) is 11.9 Å². The van der Waals surface area contributed by atoms with Gasteiger partial charge in [-0.25, -0.2) is 4.98 Å². The topological polar surface area (TPSA) is 43.8 Å². The lowest BCUT2D eigenvalue weighted by Crippen LogP contribution is -2.16. The molecule has 3 heteroatoms. The average molecular weight is 139 g/mol. The minimum Gasteiger partial charge on any atom is -0.319 e. The normalized spacial score (nSPS) is 13.5. The van der Waals surface area contributed by atoms with Crippen molar-refractivity contribution >= 4 is 0 Å². The summed E-state index contributed by atoms with van der Waals surface area (Å²) in [7, 11) is 0. The van der Waals surface area contributed by atoms with Crippen LogP contribution in [0, 0.1) is 0 Å². The van der Waals surface area contributed by atoms with Crippen molar-refractivity contribution in [3.63, 3.8) is 0 Å². The highest BCUT2D eigenvalue weighted by molar-refractivity contribution is 4.92. The molecule has 1 aromatic rings. The second kappa shape index (κ2) is 2.84. The molecule has 0 aliphatic heterocycles. The largest absolute Gasteiger partial charge is 0.319 e. The van der Waals surface area contributed by atoms with Crippen molar-refractivity contribution in [1.29, 1.82) is 0 Å². The van der Waals surface area contributed by atoms with Crippen LogP contribution in [-0.2, 0) is 6.42 Å². The molecule has 1 heterocycles. The zero-order valence-corrected chi connectivity index (χ0v) is 6.41. The summed E-state index contributed by atoms with van der Waals surface area (Å²) in [6.45, 7) is 4.02. The minimum atomic E-state index is 0.0393. The summed E-state index contributed by atoms with van der Waals surface area (Å²) in [4.78, 5) is 4.14. The standard InChI is InChI=1S/C7H13N3/c1-3-7-9-4-5-10(7)6(2)8/h4-6H,3,8H2,1-2H3/t6-/m0/s1. The van der Waals surface area contributed by atoms with Gasteiger partial charge >= 0.3 is 0 Å². The summed E-state index contributed by atoms with van der Waals surface area (Å²) in [5, 5.41) is 0. The molecule has 0 amide bonds. The van der Waals surface area contributed by atoms with Crippen LogP contribution >= 0.6 is 0 Å². The number of rotatable bonds is 2. The summed E-state index contributed by atoms with van der Waals surface area (Å²) >= 11 is 0. The Labute approximate surface area is 60.9 Å². The van der Waals surface area contributed by atoms with Gasteiger partial charge in [-0.1, -0.05) is 6.92 Å². The number of hydrogen-bond donors (Lipinski definition) is 1. The van der Waals surface area contributed by atoms with Crippen molar-refractivity contribution in [3.05, 3.63) is 18.2 Å². The Bertz CT molecular complexity index is 202. The van der Waals surface area contributed by atoms with E-state index in [-0.39, 0.29) is 6.17 Å². The van der Waals surface area contributed by atoms with Gasteiger partial charge in [-0.05, 0) is 6.92 Å². The van der Waals surface area contributed by atoms with E-state index in [4.69, 9.17) is 5.73 Å². The third-order valence-corrected chi connectivity index (χ3v) is 1.50. The Morgan fingerprint density at radius 1 is 1.80 bits per heavy atom. The molecular weight excluding hydrogens is 126 g/mol. The van der Waals surface area contributed by atoms with Gasteiger partial charge in [-0.3, -0.25) is 0 Å². The molecule has 10 heavy (non-hydrogen) atoms. The monoisotopic (exact) mass is 139 g/mol. The van der Waals surface area contributed by atoms with E-state index in [1.807, 2.05) is 17.7 Å². The molecule has 1 aromatic heterocycles. The number of imidazole rings is 1. The average Bonchev–Trinajstić information content (AvgIpc) is 2.33. The van der Waals surface area contributed by atoms with E-state index in [0.29, 0.717) is 0 Å². The predicted octanol–water partition coefficient (Wildman–Crippen LogP) is 0.923. The molecule has 1 rings (SSSR count). The van der Waals surface area contributed by atoms with Crippen LogP contribution in [0.3, 0.4) is 0 Å². The highest BCUT2D eigenvalue weighted by Gasteiger charge is 2.01. The van der Waals surface area contributed by atoms with Crippen molar-refractivity contribution in [2.45, 2.75) is 26.4 Å². The van der Waals surface area contributed by atoms with Crippen LogP contribution in [0.4, 0.5) is 0 Å². The lowest BCUT2D eigenvalue weighted by molar-refractivity contribution is 0.546. The first kappa shape index (κ1) is 7.28. The number of aryl methyl sites for hydroxylation is 1. The summed E-state index contributed by atoms with van der Waals surface area (Å²) in [6, 6.07) is 0. The molecule has 0 aromatic carbocycles. The second-order valence-corrected chi connectivity index (χ2v) is 2.34. The van der Waals surface area contributed by atoms with Gasteiger partial charge in [0, 0.05) is 18.8 Å². The zero-order valence-electron chi connectivity index (χ0n) is 6.41. The van der Waals surface area contributed by atoms with Crippen molar-refractivity contribution < 1.29 is 0 Å². The first-order chi connectivity index (χ1) is 4.75. The van der Waals surface area contributed by atoms with Crippen molar-refractivity contribution in [1.82, 2.24) is 9.55 Å². The van der Waals surface area contributed by atoms with E-state index < -0.39 is 0 Å². The van der Waals surface area contributed by atoms with Gasteiger partial charge < -0.3 is 10.3 Å². The first-order valence-corrected chi connectivity index (χ1v) is 3.53. The third-order valence-electron chi connectivity index (χ3n) is 1.50. The van der Waals surface area contributed by atoms with E-state index in [0.717, 1.165) is 12.2 Å². The summed E-state index contributed by atoms with van der Waals surface area (Å²) < 4.78 is 1.97. The predicted molar refractivity (Wildman–Crippen MR) is 40.5 cm³/mol. The molecular formula is C7H13N3. The molecule has 0 saturated heterocycles. The van der Waals surface area contributed by atoms with Gasteiger partial charge in [-0.2, -0.15) is 0 Å². The van der Waals surface area contributed by atoms with Gasteiger partial charge in [0.05, 0.1) is 6.17 Å². The maximum Gasteiger partial charge on any atom is 0.109 e. The van der Waals surface area contributed by atoms with Crippen LogP contribution in [-0.4, -0.2) is 9.55 Å². The van der Waals surface area contributed by atoms with Gasteiger partial charge in [0.15, 0.2) is 0 Å². The van der Waals surface area contributed by atoms with Crippen molar-refractivity contribution in [3.8, 4) is 0 Å². The smallest absolute Gasteiger partial charge is 0.109 e. The van der Waals surface area contributed by atoms with Gasteiger partial charge in [-0.15, -0.1) is 0 Å². The molecule has 1 atom stereocenters. The molecule has 0 unspecified atom stereocenters. The molecule has 0 saturated carbocycles. The van der Waals surface area contributed by atoms with Gasteiger partial charge in [0.25, 0.3) is 0 Å². The first-order valence-electron chi connectivity index (χ1n) is 3.53. The molecule has 0 radical (unpaired) electrons. The molecule has 2 N–H and O–H groups in total. The fourth-order valence-corrected chi connectivity index (χ4v) is 0.989. The summed E-state index contributed by atoms with van der Waals surface area (Å²) in [5.74, 6) is 1.05. The number of hydrogen-bond acceptors (Lipinski definition) is 2. The van der Waals surface area contributed by atoms with Crippen LogP contribution in [0.25, 0.3) is 0 Å². The maximum atomic E-state index is 5.66. The molecule has 3 nitrogen and oxygen atoms in total. The fourth-order valence-electron chi connectivity index (χ4n) is 0.989. The van der Waals surface area contributed by atoms with Crippen LogP contribution < -0.4 is 5.73 Å². The molecule has 0 aliphatic carbocycles. The fraction of sp³-hybridized carbons (Fsp3) is 0.571. The molecule has 0 aliphatic rings. The Kier molecular flexibility index (Phi) is 2.06. The zero-order chi connectivity index (χ0) is 7.56. The van der Waals surface area contributed by atoms with Gasteiger partial charge in [0.1, 0.15) is 5.82 Å². The third kappa shape index (κ3) is 1.19. The van der Waals surface area contributed by atoms with E-state index in [1.54, 1.807) is 6.20 Å². The summed E-state index contributed by atoms with van der Waals surface area (Å²) in [5.41, 5.74) is 5.66. The molecule has 0 fully saturated rings. The van der Waals surface area contributed by atoms with E-state index in [9.17, 15) is 0 Å². The lowest BCUT2D eigenvalue weighted by Gasteiger charge is -2.09. The van der Waals surface area contributed by atoms with Crippen molar-refractivity contribution in [2.24, 2.45) is 5.73 Å². The highest BCUT2D eigenvalue weighted by Crippen LogP contribution is 2.03.